The van der Waals surface area contributed by atoms with Crippen LogP contribution in [0.1, 0.15) is 22.3 Å². The number of nitrogens with zero attached hydrogens (tertiary/aromatic N) is 2. The van der Waals surface area contributed by atoms with Gasteiger partial charge in [0.2, 0.25) is 0 Å². The molecule has 0 unspecified atom stereocenters. The molecule has 0 amide bonds. The number of rotatable bonds is 8. The van der Waals surface area contributed by atoms with E-state index in [1.807, 2.05) is 84.9 Å². The Hall–Kier alpha value is -3.62. The second-order valence-corrected chi connectivity index (χ2v) is 7.56. The molecule has 3 aromatic carbocycles. The first-order valence-electron chi connectivity index (χ1n) is 10.0. The summed E-state index contributed by atoms with van der Waals surface area (Å²) in [7, 11) is 0. The predicted molar refractivity (Wildman–Crippen MR) is 140 cm³/mol. The lowest BCUT2D eigenvalue weighted by Crippen LogP contribution is -2.31. The SMILES string of the molecule is S=C(NCc1ccccc1)N/N=C\c1cccc(/C=N\NC(=S)NCc2ccccc2)c1. The van der Waals surface area contributed by atoms with E-state index >= 15 is 0 Å². The predicted octanol–water partition coefficient (Wildman–Crippen LogP) is 3.68. The van der Waals surface area contributed by atoms with Gasteiger partial charge in [0, 0.05) is 13.1 Å². The van der Waals surface area contributed by atoms with Crippen LogP contribution >= 0.6 is 24.4 Å². The molecule has 0 saturated heterocycles. The maximum absolute atomic E-state index is 5.25. The van der Waals surface area contributed by atoms with Crippen molar-refractivity contribution in [1.29, 1.82) is 0 Å². The van der Waals surface area contributed by atoms with E-state index in [4.69, 9.17) is 24.4 Å². The quantitative estimate of drug-likeness (QED) is 0.234. The first-order chi connectivity index (χ1) is 15.7. The van der Waals surface area contributed by atoms with Gasteiger partial charge < -0.3 is 10.6 Å². The van der Waals surface area contributed by atoms with Crippen LogP contribution in [0.5, 0.6) is 0 Å². The fraction of sp³-hybridized carbons (Fsp3) is 0.0833. The van der Waals surface area contributed by atoms with E-state index in [2.05, 4.69) is 31.7 Å². The van der Waals surface area contributed by atoms with Crippen LogP contribution in [0.15, 0.2) is 95.1 Å². The Labute approximate surface area is 198 Å². The Morgan fingerprint density at radius 3 is 1.50 bits per heavy atom. The van der Waals surface area contributed by atoms with Crippen molar-refractivity contribution >= 4 is 47.1 Å². The van der Waals surface area contributed by atoms with Gasteiger partial charge in [0.25, 0.3) is 0 Å². The lowest BCUT2D eigenvalue weighted by molar-refractivity contribution is 0.868. The van der Waals surface area contributed by atoms with Crippen molar-refractivity contribution in [2.75, 3.05) is 0 Å². The number of nitrogens with one attached hydrogen (secondary N) is 4. The first-order valence-corrected chi connectivity index (χ1v) is 10.8. The molecule has 0 atom stereocenters. The summed E-state index contributed by atoms with van der Waals surface area (Å²) in [6, 6.07) is 27.9. The highest BCUT2D eigenvalue weighted by atomic mass is 32.1. The third-order valence-corrected chi connectivity index (χ3v) is 4.73. The Balaban J connectivity index is 1.41. The van der Waals surface area contributed by atoms with E-state index in [1.165, 1.54) is 0 Å². The molecule has 3 aromatic rings. The maximum atomic E-state index is 5.25. The van der Waals surface area contributed by atoms with Crippen molar-refractivity contribution in [3.63, 3.8) is 0 Å². The fourth-order valence-electron chi connectivity index (χ4n) is 2.69. The molecular weight excluding hydrogens is 436 g/mol. The molecule has 0 aliphatic carbocycles. The summed E-state index contributed by atoms with van der Waals surface area (Å²) in [4.78, 5) is 0. The van der Waals surface area contributed by atoms with Gasteiger partial charge in [-0.3, -0.25) is 10.9 Å². The van der Waals surface area contributed by atoms with Crippen molar-refractivity contribution in [1.82, 2.24) is 21.5 Å². The number of hydrazone groups is 2. The molecule has 0 aliphatic heterocycles. The van der Waals surface area contributed by atoms with Gasteiger partial charge in [-0.05, 0) is 52.8 Å². The standard InChI is InChI=1S/C24H24N6S2/c31-23(25-15-19-8-3-1-4-9-19)29-27-17-21-12-7-13-22(14-21)18-28-30-24(32)26-16-20-10-5-2-6-11-20/h1-14,17-18H,15-16H2,(H2,25,29,31)(H2,26,30,32)/b27-17-,28-18-. The van der Waals surface area contributed by atoms with Crippen molar-refractivity contribution in [2.24, 2.45) is 10.2 Å². The van der Waals surface area contributed by atoms with Gasteiger partial charge in [-0.1, -0.05) is 78.9 Å². The van der Waals surface area contributed by atoms with Gasteiger partial charge >= 0.3 is 0 Å². The monoisotopic (exact) mass is 460 g/mol. The van der Waals surface area contributed by atoms with Crippen LogP contribution in [0.3, 0.4) is 0 Å². The number of hydrogen-bond donors (Lipinski definition) is 4. The van der Waals surface area contributed by atoms with Crippen molar-refractivity contribution < 1.29 is 0 Å². The van der Waals surface area contributed by atoms with Crippen LogP contribution in [0.25, 0.3) is 0 Å². The number of hydrogen-bond acceptors (Lipinski definition) is 4. The molecule has 32 heavy (non-hydrogen) atoms. The molecule has 0 spiro atoms. The van der Waals surface area contributed by atoms with Crippen LogP contribution in [0.2, 0.25) is 0 Å². The van der Waals surface area contributed by atoms with E-state index in [0.29, 0.717) is 23.3 Å². The molecule has 0 heterocycles. The summed E-state index contributed by atoms with van der Waals surface area (Å²) in [6.45, 7) is 1.28. The zero-order chi connectivity index (χ0) is 22.4. The average Bonchev–Trinajstić information content (AvgIpc) is 2.83. The summed E-state index contributed by atoms with van der Waals surface area (Å²) in [5.41, 5.74) is 9.78. The molecule has 6 nitrogen and oxygen atoms in total. The molecule has 0 aliphatic rings. The Kier molecular flexibility index (Phi) is 9.32. The number of thiocarbonyl (C=S) groups is 2. The largest absolute Gasteiger partial charge is 0.357 e. The van der Waals surface area contributed by atoms with E-state index in [9.17, 15) is 0 Å². The maximum Gasteiger partial charge on any atom is 0.187 e. The zero-order valence-corrected chi connectivity index (χ0v) is 19.0. The summed E-state index contributed by atoms with van der Waals surface area (Å²) >= 11 is 10.5. The summed E-state index contributed by atoms with van der Waals surface area (Å²) in [5, 5.41) is 15.5. The van der Waals surface area contributed by atoms with Crippen LogP contribution in [-0.4, -0.2) is 22.7 Å². The zero-order valence-electron chi connectivity index (χ0n) is 17.4. The fourth-order valence-corrected chi connectivity index (χ4v) is 2.94. The molecule has 4 N–H and O–H groups in total. The molecule has 0 saturated carbocycles. The van der Waals surface area contributed by atoms with E-state index in [-0.39, 0.29) is 0 Å². The highest BCUT2D eigenvalue weighted by Crippen LogP contribution is 2.01. The van der Waals surface area contributed by atoms with Crippen LogP contribution in [0.4, 0.5) is 0 Å². The molecule has 0 radical (unpaired) electrons. The third-order valence-electron chi connectivity index (χ3n) is 4.26. The molecule has 8 heteroatoms. The van der Waals surface area contributed by atoms with E-state index in [1.54, 1.807) is 12.4 Å². The third kappa shape index (κ3) is 8.63. The normalized spacial score (nSPS) is 10.8. The van der Waals surface area contributed by atoms with E-state index in [0.717, 1.165) is 22.3 Å². The van der Waals surface area contributed by atoms with Crippen molar-refractivity contribution in [3.05, 3.63) is 107 Å². The minimum absolute atomic E-state index is 0.462. The molecule has 0 fully saturated rings. The van der Waals surface area contributed by atoms with Crippen LogP contribution in [-0.2, 0) is 13.1 Å². The van der Waals surface area contributed by atoms with Gasteiger partial charge in [-0.25, -0.2) is 0 Å². The van der Waals surface area contributed by atoms with Gasteiger partial charge in [-0.15, -0.1) is 0 Å². The Morgan fingerprint density at radius 1 is 0.625 bits per heavy atom. The second kappa shape index (κ2) is 12.9. The van der Waals surface area contributed by atoms with Gasteiger partial charge in [0.15, 0.2) is 10.2 Å². The average molecular weight is 461 g/mol. The minimum atomic E-state index is 0.462. The topological polar surface area (TPSA) is 72.8 Å². The summed E-state index contributed by atoms with van der Waals surface area (Å²) in [6.07, 6.45) is 3.40. The van der Waals surface area contributed by atoms with Crippen molar-refractivity contribution in [2.45, 2.75) is 13.1 Å². The smallest absolute Gasteiger partial charge is 0.187 e. The Morgan fingerprint density at radius 2 is 1.06 bits per heavy atom. The highest BCUT2D eigenvalue weighted by molar-refractivity contribution is 7.80. The highest BCUT2D eigenvalue weighted by Gasteiger charge is 1.96. The van der Waals surface area contributed by atoms with Crippen LogP contribution in [0, 0.1) is 0 Å². The van der Waals surface area contributed by atoms with Crippen molar-refractivity contribution in [3.8, 4) is 0 Å². The van der Waals surface area contributed by atoms with Crippen LogP contribution < -0.4 is 21.5 Å². The van der Waals surface area contributed by atoms with E-state index < -0.39 is 0 Å². The second-order valence-electron chi connectivity index (χ2n) is 6.75. The minimum Gasteiger partial charge on any atom is -0.357 e. The molecule has 162 valence electrons. The lowest BCUT2D eigenvalue weighted by Gasteiger charge is -2.07. The summed E-state index contributed by atoms with van der Waals surface area (Å²) < 4.78 is 0. The number of benzene rings is 3. The lowest BCUT2D eigenvalue weighted by atomic mass is 10.1. The molecule has 3 rings (SSSR count). The van der Waals surface area contributed by atoms with Gasteiger partial charge in [0.05, 0.1) is 12.4 Å². The molecule has 0 bridgehead atoms. The van der Waals surface area contributed by atoms with Gasteiger partial charge in [0.1, 0.15) is 0 Å². The summed E-state index contributed by atoms with van der Waals surface area (Å²) in [5.74, 6) is 0. The molecule has 0 aromatic heterocycles. The van der Waals surface area contributed by atoms with Gasteiger partial charge in [-0.2, -0.15) is 10.2 Å². The molecular formula is C24H24N6S2. The Bertz CT molecular complexity index is 985. The first kappa shape index (κ1) is 23.1.